The van der Waals surface area contributed by atoms with Crippen LogP contribution in [-0.4, -0.2) is 35.4 Å². The number of non-ortho nitro benzene ring substituents is 1. The second-order valence-electron chi connectivity index (χ2n) is 5.94. The average Bonchev–Trinajstić information content (AvgIpc) is 2.69. The van der Waals surface area contributed by atoms with E-state index in [-0.39, 0.29) is 24.2 Å². The number of benzene rings is 2. The largest absolute Gasteiger partial charge is 0.452 e. The SMILES string of the molecule is C[C@@H](OC(=O)CCNC(=O)c1ccc([N+](=O)[O-])cc1)C(=O)Nc1ccc(F)cc1. The lowest BCUT2D eigenvalue weighted by atomic mass is 10.2. The Morgan fingerprint density at radius 1 is 1.10 bits per heavy atom. The Balaban J connectivity index is 1.74. The van der Waals surface area contributed by atoms with Gasteiger partial charge in [0.1, 0.15) is 5.82 Å². The van der Waals surface area contributed by atoms with Crippen LogP contribution in [0, 0.1) is 15.9 Å². The summed E-state index contributed by atoms with van der Waals surface area (Å²) in [5, 5.41) is 15.6. The van der Waals surface area contributed by atoms with E-state index in [2.05, 4.69) is 10.6 Å². The van der Waals surface area contributed by atoms with Crippen molar-refractivity contribution in [3.8, 4) is 0 Å². The van der Waals surface area contributed by atoms with Gasteiger partial charge in [0, 0.05) is 29.9 Å². The van der Waals surface area contributed by atoms with E-state index in [4.69, 9.17) is 4.74 Å². The fraction of sp³-hybridized carbons (Fsp3) is 0.211. The minimum absolute atomic E-state index is 0.0407. The molecule has 0 spiro atoms. The molecular formula is C19H18FN3O6. The number of halogens is 1. The zero-order chi connectivity index (χ0) is 21.4. The van der Waals surface area contributed by atoms with Crippen LogP contribution < -0.4 is 10.6 Å². The number of carbonyl (C=O) groups is 3. The fourth-order valence-electron chi connectivity index (χ4n) is 2.20. The van der Waals surface area contributed by atoms with Gasteiger partial charge in [-0.05, 0) is 43.3 Å². The van der Waals surface area contributed by atoms with Crippen LogP contribution in [0.3, 0.4) is 0 Å². The summed E-state index contributed by atoms with van der Waals surface area (Å²) in [6, 6.07) is 10.1. The van der Waals surface area contributed by atoms with Crippen molar-refractivity contribution in [2.24, 2.45) is 0 Å². The van der Waals surface area contributed by atoms with Crippen molar-refractivity contribution < 1.29 is 28.4 Å². The number of nitrogens with one attached hydrogen (secondary N) is 2. The number of nitrogens with zero attached hydrogens (tertiary/aromatic N) is 1. The lowest BCUT2D eigenvalue weighted by Gasteiger charge is -2.13. The number of ether oxygens (including phenoxy) is 1. The van der Waals surface area contributed by atoms with Gasteiger partial charge in [0.2, 0.25) is 0 Å². The summed E-state index contributed by atoms with van der Waals surface area (Å²) in [4.78, 5) is 45.7. The molecule has 0 aliphatic carbocycles. The first-order chi connectivity index (χ1) is 13.8. The third-order valence-electron chi connectivity index (χ3n) is 3.74. The molecule has 2 aromatic carbocycles. The first kappa shape index (κ1) is 21.5. The first-order valence-electron chi connectivity index (χ1n) is 8.55. The number of nitro groups is 1. The number of hydrogen-bond acceptors (Lipinski definition) is 6. The highest BCUT2D eigenvalue weighted by atomic mass is 19.1. The summed E-state index contributed by atoms with van der Waals surface area (Å²) in [5.74, 6) is -2.23. The summed E-state index contributed by atoms with van der Waals surface area (Å²) in [5.41, 5.74) is 0.420. The van der Waals surface area contributed by atoms with Crippen molar-refractivity contribution in [2.75, 3.05) is 11.9 Å². The molecule has 0 aliphatic rings. The summed E-state index contributed by atoms with van der Waals surface area (Å²) < 4.78 is 17.8. The first-order valence-corrected chi connectivity index (χ1v) is 8.55. The van der Waals surface area contributed by atoms with E-state index >= 15 is 0 Å². The maximum atomic E-state index is 12.8. The maximum Gasteiger partial charge on any atom is 0.308 e. The molecular weight excluding hydrogens is 385 g/mol. The zero-order valence-corrected chi connectivity index (χ0v) is 15.4. The predicted molar refractivity (Wildman–Crippen MR) is 101 cm³/mol. The standard InChI is InChI=1S/C19H18FN3O6/c1-12(18(25)22-15-6-4-14(20)5-7-15)29-17(24)10-11-21-19(26)13-2-8-16(9-3-13)23(27)28/h2-9,12H,10-11H2,1H3,(H,21,26)(H,22,25)/t12-/m1/s1. The second-order valence-corrected chi connectivity index (χ2v) is 5.94. The van der Waals surface area contributed by atoms with Gasteiger partial charge in [-0.15, -0.1) is 0 Å². The van der Waals surface area contributed by atoms with Gasteiger partial charge < -0.3 is 15.4 Å². The Hall–Kier alpha value is -3.82. The minimum atomic E-state index is -1.09. The van der Waals surface area contributed by atoms with Crippen molar-refractivity contribution >= 4 is 29.2 Å². The average molecular weight is 403 g/mol. The van der Waals surface area contributed by atoms with E-state index in [1.165, 1.54) is 55.5 Å². The number of hydrogen-bond donors (Lipinski definition) is 2. The Morgan fingerprint density at radius 3 is 2.31 bits per heavy atom. The van der Waals surface area contributed by atoms with E-state index in [9.17, 15) is 28.9 Å². The summed E-state index contributed by atoms with van der Waals surface area (Å²) >= 11 is 0. The Kier molecular flexibility index (Phi) is 7.35. The van der Waals surface area contributed by atoms with Crippen molar-refractivity contribution in [1.29, 1.82) is 0 Å². The number of esters is 1. The Bertz CT molecular complexity index is 899. The summed E-state index contributed by atoms with van der Waals surface area (Å²) in [7, 11) is 0. The second kappa shape index (κ2) is 9.93. The molecule has 0 saturated heterocycles. The normalized spacial score (nSPS) is 11.2. The van der Waals surface area contributed by atoms with Gasteiger partial charge >= 0.3 is 5.97 Å². The van der Waals surface area contributed by atoms with Crippen molar-refractivity contribution in [3.63, 3.8) is 0 Å². The lowest BCUT2D eigenvalue weighted by molar-refractivity contribution is -0.384. The van der Waals surface area contributed by atoms with Crippen LogP contribution in [0.15, 0.2) is 48.5 Å². The van der Waals surface area contributed by atoms with Crippen LogP contribution in [0.1, 0.15) is 23.7 Å². The molecule has 2 aromatic rings. The molecule has 2 N–H and O–H groups in total. The van der Waals surface area contributed by atoms with Crippen molar-refractivity contribution in [2.45, 2.75) is 19.4 Å². The third-order valence-corrected chi connectivity index (χ3v) is 3.74. The Labute approximate surface area is 165 Å². The van der Waals surface area contributed by atoms with E-state index in [1.807, 2.05) is 0 Å². The van der Waals surface area contributed by atoms with Crippen LogP contribution >= 0.6 is 0 Å². The molecule has 9 nitrogen and oxygen atoms in total. The van der Waals surface area contributed by atoms with E-state index < -0.39 is 34.6 Å². The van der Waals surface area contributed by atoms with Crippen LogP contribution in [0.2, 0.25) is 0 Å². The Morgan fingerprint density at radius 2 is 1.72 bits per heavy atom. The van der Waals surface area contributed by atoms with Gasteiger partial charge in [-0.1, -0.05) is 0 Å². The maximum absolute atomic E-state index is 12.8. The van der Waals surface area contributed by atoms with Crippen LogP contribution in [0.25, 0.3) is 0 Å². The topological polar surface area (TPSA) is 128 Å². The zero-order valence-electron chi connectivity index (χ0n) is 15.4. The number of nitro benzene ring substituents is 1. The highest BCUT2D eigenvalue weighted by Gasteiger charge is 2.18. The van der Waals surface area contributed by atoms with Gasteiger partial charge in [-0.2, -0.15) is 0 Å². The number of rotatable bonds is 8. The van der Waals surface area contributed by atoms with Crippen molar-refractivity contribution in [3.05, 3.63) is 70.0 Å². The molecule has 0 fully saturated rings. The van der Waals surface area contributed by atoms with Gasteiger partial charge in [-0.3, -0.25) is 24.5 Å². The molecule has 1 atom stereocenters. The smallest absolute Gasteiger partial charge is 0.308 e. The summed E-state index contributed by atoms with van der Waals surface area (Å²) in [6.07, 6.45) is -1.26. The lowest BCUT2D eigenvalue weighted by Crippen LogP contribution is -2.32. The predicted octanol–water partition coefficient (Wildman–Crippen LogP) is 2.42. The molecule has 0 unspecified atom stereocenters. The molecule has 10 heteroatoms. The van der Waals surface area contributed by atoms with Gasteiger partial charge in [-0.25, -0.2) is 4.39 Å². The van der Waals surface area contributed by atoms with Crippen LogP contribution in [-0.2, 0) is 14.3 Å². The monoisotopic (exact) mass is 403 g/mol. The van der Waals surface area contributed by atoms with Gasteiger partial charge in [0.25, 0.3) is 17.5 Å². The molecule has 2 amide bonds. The molecule has 0 bridgehead atoms. The highest BCUT2D eigenvalue weighted by Crippen LogP contribution is 2.12. The van der Waals surface area contributed by atoms with Crippen LogP contribution in [0.4, 0.5) is 15.8 Å². The van der Waals surface area contributed by atoms with E-state index in [0.717, 1.165) is 0 Å². The highest BCUT2D eigenvalue weighted by molar-refractivity contribution is 5.95. The van der Waals surface area contributed by atoms with Gasteiger partial charge in [0.15, 0.2) is 6.10 Å². The van der Waals surface area contributed by atoms with Gasteiger partial charge in [0.05, 0.1) is 11.3 Å². The molecule has 2 rings (SSSR count). The van der Waals surface area contributed by atoms with E-state index in [0.29, 0.717) is 5.69 Å². The fourth-order valence-corrected chi connectivity index (χ4v) is 2.20. The molecule has 0 aromatic heterocycles. The molecule has 29 heavy (non-hydrogen) atoms. The van der Waals surface area contributed by atoms with E-state index in [1.54, 1.807) is 0 Å². The number of amides is 2. The minimum Gasteiger partial charge on any atom is -0.452 e. The number of anilines is 1. The molecule has 152 valence electrons. The molecule has 0 heterocycles. The third kappa shape index (κ3) is 6.69. The molecule has 0 aliphatic heterocycles. The molecule has 0 saturated carbocycles. The number of carbonyl (C=O) groups excluding carboxylic acids is 3. The van der Waals surface area contributed by atoms with Crippen LogP contribution in [0.5, 0.6) is 0 Å². The molecule has 0 radical (unpaired) electrons. The summed E-state index contributed by atoms with van der Waals surface area (Å²) in [6.45, 7) is 1.34. The quantitative estimate of drug-likeness (QED) is 0.396. The van der Waals surface area contributed by atoms with Crippen molar-refractivity contribution in [1.82, 2.24) is 5.32 Å².